The molecule has 0 aliphatic carbocycles. The molecule has 0 saturated carbocycles. The summed E-state index contributed by atoms with van der Waals surface area (Å²) < 4.78 is 1.01. The summed E-state index contributed by atoms with van der Waals surface area (Å²) in [4.78, 5) is 16.4. The second kappa shape index (κ2) is 6.18. The van der Waals surface area contributed by atoms with Gasteiger partial charge in [0.05, 0.1) is 17.7 Å². The van der Waals surface area contributed by atoms with Crippen molar-refractivity contribution in [2.75, 3.05) is 0 Å². The van der Waals surface area contributed by atoms with Crippen LogP contribution in [0, 0.1) is 0 Å². The third-order valence-electron chi connectivity index (χ3n) is 3.04. The Kier molecular flexibility index (Phi) is 4.55. The molecule has 1 aromatic carbocycles. The number of carbonyl (C=O) groups excluding carboxylic acids is 1. The van der Waals surface area contributed by atoms with E-state index < -0.39 is 5.54 Å². The first-order valence-corrected chi connectivity index (χ1v) is 7.24. The summed E-state index contributed by atoms with van der Waals surface area (Å²) in [5.41, 5.74) is 1.36. The van der Waals surface area contributed by atoms with Gasteiger partial charge in [0.1, 0.15) is 0 Å². The van der Waals surface area contributed by atoms with E-state index in [0.717, 1.165) is 15.7 Å². The fourth-order valence-electron chi connectivity index (χ4n) is 1.98. The quantitative estimate of drug-likeness (QED) is 0.931. The van der Waals surface area contributed by atoms with Crippen molar-refractivity contribution in [3.8, 4) is 0 Å². The molecule has 20 heavy (non-hydrogen) atoms. The Morgan fingerprint density at radius 3 is 2.50 bits per heavy atom. The lowest BCUT2D eigenvalue weighted by Gasteiger charge is -2.25. The first-order valence-electron chi connectivity index (χ1n) is 6.44. The van der Waals surface area contributed by atoms with Crippen molar-refractivity contribution in [1.29, 1.82) is 0 Å². The van der Waals surface area contributed by atoms with Crippen LogP contribution in [0.25, 0.3) is 0 Å². The van der Waals surface area contributed by atoms with Crippen LogP contribution in [-0.2, 0) is 16.8 Å². The molecule has 3 nitrogen and oxygen atoms in total. The zero-order chi connectivity index (χ0) is 14.6. The van der Waals surface area contributed by atoms with Gasteiger partial charge in [-0.05, 0) is 43.7 Å². The molecule has 4 heteroatoms. The Morgan fingerprint density at radius 1 is 1.20 bits per heavy atom. The molecule has 2 rings (SSSR count). The maximum absolute atomic E-state index is 12.1. The third kappa shape index (κ3) is 3.90. The lowest BCUT2D eigenvalue weighted by Crippen LogP contribution is -2.42. The van der Waals surface area contributed by atoms with E-state index in [-0.39, 0.29) is 5.91 Å². The topological polar surface area (TPSA) is 42.0 Å². The fraction of sp³-hybridized carbons (Fsp3) is 0.250. The zero-order valence-electron chi connectivity index (χ0n) is 11.6. The standard InChI is InChI=1S/C16H17BrN2O/c1-16(2,14-5-3-4-10-18-14)19-15(20)11-12-6-8-13(17)9-7-12/h3-10H,11H2,1-2H3,(H,19,20). The van der Waals surface area contributed by atoms with Crippen molar-refractivity contribution in [2.24, 2.45) is 0 Å². The molecule has 0 radical (unpaired) electrons. The molecule has 104 valence electrons. The lowest BCUT2D eigenvalue weighted by atomic mass is 9.99. The Labute approximate surface area is 127 Å². The predicted octanol–water partition coefficient (Wildman–Crippen LogP) is 3.44. The van der Waals surface area contributed by atoms with Gasteiger partial charge in [0.15, 0.2) is 0 Å². The number of pyridine rings is 1. The van der Waals surface area contributed by atoms with Crippen molar-refractivity contribution in [3.05, 3.63) is 64.4 Å². The first kappa shape index (κ1) is 14.7. The van der Waals surface area contributed by atoms with Gasteiger partial charge in [-0.15, -0.1) is 0 Å². The third-order valence-corrected chi connectivity index (χ3v) is 3.56. The van der Waals surface area contributed by atoms with Crippen LogP contribution in [0.1, 0.15) is 25.1 Å². The van der Waals surface area contributed by atoms with E-state index in [4.69, 9.17) is 0 Å². The number of nitrogens with zero attached hydrogens (tertiary/aromatic N) is 1. The minimum Gasteiger partial charge on any atom is -0.345 e. The van der Waals surface area contributed by atoms with Crippen LogP contribution >= 0.6 is 15.9 Å². The number of hydrogen-bond donors (Lipinski definition) is 1. The van der Waals surface area contributed by atoms with Gasteiger partial charge < -0.3 is 5.32 Å². The van der Waals surface area contributed by atoms with Gasteiger partial charge in [-0.2, -0.15) is 0 Å². The highest BCUT2D eigenvalue weighted by Gasteiger charge is 2.23. The summed E-state index contributed by atoms with van der Waals surface area (Å²) in [6.45, 7) is 3.91. The maximum atomic E-state index is 12.1. The fourth-order valence-corrected chi connectivity index (χ4v) is 2.24. The summed E-state index contributed by atoms with van der Waals surface area (Å²) in [6.07, 6.45) is 2.10. The van der Waals surface area contributed by atoms with Crippen LogP contribution in [0.2, 0.25) is 0 Å². The number of hydrogen-bond acceptors (Lipinski definition) is 2. The van der Waals surface area contributed by atoms with Crippen LogP contribution in [-0.4, -0.2) is 10.9 Å². The number of aromatic nitrogens is 1. The van der Waals surface area contributed by atoms with Crippen LogP contribution in [0.5, 0.6) is 0 Å². The minimum absolute atomic E-state index is 0.0111. The highest BCUT2D eigenvalue weighted by Crippen LogP contribution is 2.17. The van der Waals surface area contributed by atoms with Gasteiger partial charge in [0.2, 0.25) is 5.91 Å². The van der Waals surface area contributed by atoms with Crippen LogP contribution in [0.3, 0.4) is 0 Å². The van der Waals surface area contributed by atoms with Crippen molar-refractivity contribution in [1.82, 2.24) is 10.3 Å². The molecule has 0 fully saturated rings. The molecule has 1 amide bonds. The average Bonchev–Trinajstić information content (AvgIpc) is 2.42. The van der Waals surface area contributed by atoms with E-state index >= 15 is 0 Å². The molecule has 0 saturated heterocycles. The minimum atomic E-state index is -0.478. The van der Waals surface area contributed by atoms with Crippen molar-refractivity contribution >= 4 is 21.8 Å². The van der Waals surface area contributed by atoms with E-state index in [9.17, 15) is 4.79 Å². The molecule has 1 N–H and O–H groups in total. The number of benzene rings is 1. The molecule has 0 atom stereocenters. The van der Waals surface area contributed by atoms with E-state index in [2.05, 4.69) is 26.2 Å². The van der Waals surface area contributed by atoms with E-state index in [1.54, 1.807) is 6.20 Å². The van der Waals surface area contributed by atoms with Gasteiger partial charge in [-0.3, -0.25) is 9.78 Å². The number of rotatable bonds is 4. The van der Waals surface area contributed by atoms with Crippen molar-refractivity contribution in [3.63, 3.8) is 0 Å². The monoisotopic (exact) mass is 332 g/mol. The molecule has 0 bridgehead atoms. The Balaban J connectivity index is 2.02. The maximum Gasteiger partial charge on any atom is 0.225 e. The molecule has 0 aliphatic rings. The largest absolute Gasteiger partial charge is 0.345 e. The van der Waals surface area contributed by atoms with Gasteiger partial charge in [-0.1, -0.05) is 34.1 Å². The predicted molar refractivity (Wildman–Crippen MR) is 83.3 cm³/mol. The Morgan fingerprint density at radius 2 is 1.90 bits per heavy atom. The summed E-state index contributed by atoms with van der Waals surface area (Å²) in [6, 6.07) is 13.5. The van der Waals surface area contributed by atoms with Gasteiger partial charge in [0.25, 0.3) is 0 Å². The van der Waals surface area contributed by atoms with E-state index in [1.807, 2.05) is 56.3 Å². The van der Waals surface area contributed by atoms with Crippen molar-refractivity contribution < 1.29 is 4.79 Å². The lowest BCUT2D eigenvalue weighted by molar-refractivity contribution is -0.122. The van der Waals surface area contributed by atoms with Gasteiger partial charge >= 0.3 is 0 Å². The second-order valence-electron chi connectivity index (χ2n) is 5.19. The van der Waals surface area contributed by atoms with E-state index in [1.165, 1.54) is 0 Å². The van der Waals surface area contributed by atoms with Gasteiger partial charge in [0, 0.05) is 10.7 Å². The summed E-state index contributed by atoms with van der Waals surface area (Å²) in [5.74, 6) is -0.0111. The van der Waals surface area contributed by atoms with Crippen molar-refractivity contribution in [2.45, 2.75) is 25.8 Å². The zero-order valence-corrected chi connectivity index (χ0v) is 13.1. The van der Waals surface area contributed by atoms with Crippen LogP contribution in [0.4, 0.5) is 0 Å². The molecule has 0 spiro atoms. The number of carbonyl (C=O) groups is 1. The first-order chi connectivity index (χ1) is 9.47. The summed E-state index contributed by atoms with van der Waals surface area (Å²) in [5, 5.41) is 3.02. The van der Waals surface area contributed by atoms with E-state index in [0.29, 0.717) is 6.42 Å². The second-order valence-corrected chi connectivity index (χ2v) is 6.11. The van der Waals surface area contributed by atoms with Crippen LogP contribution < -0.4 is 5.32 Å². The van der Waals surface area contributed by atoms with Gasteiger partial charge in [-0.25, -0.2) is 0 Å². The number of nitrogens with one attached hydrogen (secondary N) is 1. The highest BCUT2D eigenvalue weighted by molar-refractivity contribution is 9.10. The highest BCUT2D eigenvalue weighted by atomic mass is 79.9. The normalized spacial score (nSPS) is 11.2. The Hall–Kier alpha value is -1.68. The SMILES string of the molecule is CC(C)(NC(=O)Cc1ccc(Br)cc1)c1ccccn1. The molecule has 0 aliphatic heterocycles. The summed E-state index contributed by atoms with van der Waals surface area (Å²) in [7, 11) is 0. The molecular formula is C16H17BrN2O. The molecule has 1 aromatic heterocycles. The Bertz CT molecular complexity index is 579. The average molecular weight is 333 g/mol. The molecular weight excluding hydrogens is 316 g/mol. The smallest absolute Gasteiger partial charge is 0.225 e. The van der Waals surface area contributed by atoms with Crippen LogP contribution in [0.15, 0.2) is 53.1 Å². The summed E-state index contributed by atoms with van der Waals surface area (Å²) >= 11 is 3.38. The molecule has 1 heterocycles. The number of halogens is 1. The molecule has 0 unspecified atom stereocenters. The number of amides is 1. The molecule has 2 aromatic rings.